The van der Waals surface area contributed by atoms with E-state index in [-0.39, 0.29) is 5.56 Å². The highest BCUT2D eigenvalue weighted by molar-refractivity contribution is 5.87. The zero-order chi connectivity index (χ0) is 15.4. The molecule has 0 aliphatic heterocycles. The third-order valence-corrected chi connectivity index (χ3v) is 3.45. The van der Waals surface area contributed by atoms with Crippen LogP contribution in [0.5, 0.6) is 5.75 Å². The molecule has 0 saturated heterocycles. The lowest BCUT2D eigenvalue weighted by molar-refractivity contribution is 0.0696. The summed E-state index contributed by atoms with van der Waals surface area (Å²) < 4.78 is 5.86. The maximum absolute atomic E-state index is 11.0. The summed E-state index contributed by atoms with van der Waals surface area (Å²) in [4.78, 5) is 11.0. The van der Waals surface area contributed by atoms with E-state index in [9.17, 15) is 4.79 Å². The first-order valence-electron chi connectivity index (χ1n) is 7.03. The summed E-state index contributed by atoms with van der Waals surface area (Å²) in [5.74, 6) is 0.375. The number of carboxylic acid groups (broad SMARTS) is 1. The van der Waals surface area contributed by atoms with Gasteiger partial charge in [0, 0.05) is 0 Å². The number of benzene rings is 2. The summed E-state index contributed by atoms with van der Waals surface area (Å²) >= 11 is 0. The average molecular weight is 284 g/mol. The fraction of sp³-hybridized carbons (Fsp3) is 0.278. The zero-order valence-electron chi connectivity index (χ0n) is 12.6. The van der Waals surface area contributed by atoms with Crippen LogP contribution in [0.4, 0.5) is 0 Å². The predicted octanol–water partition coefficient (Wildman–Crippen LogP) is 4.40. The highest BCUT2D eigenvalue weighted by atomic mass is 16.5. The third-order valence-electron chi connectivity index (χ3n) is 3.45. The number of hydrogen-bond acceptors (Lipinski definition) is 2. The molecule has 0 bridgehead atoms. The lowest BCUT2D eigenvalue weighted by Gasteiger charge is -2.13. The Morgan fingerprint density at radius 2 is 1.95 bits per heavy atom. The number of ether oxygens (including phenoxy) is 1. The number of carbonyl (C=O) groups is 1. The van der Waals surface area contributed by atoms with Crippen LogP contribution in [-0.4, -0.2) is 11.1 Å². The predicted molar refractivity (Wildman–Crippen MR) is 83.0 cm³/mol. The van der Waals surface area contributed by atoms with Crippen LogP contribution >= 0.6 is 0 Å². The molecule has 3 heteroatoms. The standard InChI is InChI=1S/C18H20O3/c1-12(2)15-8-7-13(3)17(10-15)21-11-14-5-4-6-16(9-14)18(19)20/h4-10,12H,11H2,1-3H3,(H,19,20). The van der Waals surface area contributed by atoms with Crippen LogP contribution in [0.25, 0.3) is 0 Å². The van der Waals surface area contributed by atoms with Crippen LogP contribution < -0.4 is 4.74 Å². The quantitative estimate of drug-likeness (QED) is 0.885. The number of rotatable bonds is 5. The topological polar surface area (TPSA) is 46.5 Å². The van der Waals surface area contributed by atoms with Crippen molar-refractivity contribution < 1.29 is 14.6 Å². The van der Waals surface area contributed by atoms with Crippen molar-refractivity contribution in [3.63, 3.8) is 0 Å². The molecule has 0 atom stereocenters. The molecular formula is C18H20O3. The zero-order valence-corrected chi connectivity index (χ0v) is 12.6. The van der Waals surface area contributed by atoms with Crippen molar-refractivity contribution in [1.82, 2.24) is 0 Å². The smallest absolute Gasteiger partial charge is 0.335 e. The molecule has 2 rings (SSSR count). The Kier molecular flexibility index (Phi) is 4.63. The van der Waals surface area contributed by atoms with Gasteiger partial charge >= 0.3 is 5.97 Å². The number of aromatic carboxylic acids is 1. The van der Waals surface area contributed by atoms with Crippen LogP contribution in [0.3, 0.4) is 0 Å². The molecule has 0 unspecified atom stereocenters. The number of aryl methyl sites for hydroxylation is 1. The van der Waals surface area contributed by atoms with Gasteiger partial charge in [0.1, 0.15) is 12.4 Å². The van der Waals surface area contributed by atoms with E-state index in [2.05, 4.69) is 32.0 Å². The molecule has 0 fully saturated rings. The molecule has 0 heterocycles. The van der Waals surface area contributed by atoms with Crippen molar-refractivity contribution >= 4 is 5.97 Å². The summed E-state index contributed by atoms with van der Waals surface area (Å²) in [5.41, 5.74) is 3.44. The SMILES string of the molecule is Cc1ccc(C(C)C)cc1OCc1cccc(C(=O)O)c1. The molecule has 3 nitrogen and oxygen atoms in total. The van der Waals surface area contributed by atoms with Gasteiger partial charge in [0.05, 0.1) is 5.56 Å². The maximum atomic E-state index is 11.0. The fourth-order valence-corrected chi connectivity index (χ4v) is 2.09. The summed E-state index contributed by atoms with van der Waals surface area (Å²) in [5, 5.41) is 9.00. The van der Waals surface area contributed by atoms with Crippen LogP contribution in [0.1, 0.15) is 46.8 Å². The molecule has 0 aliphatic rings. The van der Waals surface area contributed by atoms with Gasteiger partial charge < -0.3 is 9.84 Å². The molecule has 0 aliphatic carbocycles. The van der Waals surface area contributed by atoms with Gasteiger partial charge in [0.15, 0.2) is 0 Å². The average Bonchev–Trinajstić information content (AvgIpc) is 2.46. The second-order valence-electron chi connectivity index (χ2n) is 5.47. The molecule has 21 heavy (non-hydrogen) atoms. The molecule has 2 aromatic rings. The fourth-order valence-electron chi connectivity index (χ4n) is 2.09. The van der Waals surface area contributed by atoms with Gasteiger partial charge in [-0.3, -0.25) is 0 Å². The maximum Gasteiger partial charge on any atom is 0.335 e. The Morgan fingerprint density at radius 1 is 1.19 bits per heavy atom. The minimum absolute atomic E-state index is 0.281. The highest BCUT2D eigenvalue weighted by Gasteiger charge is 2.07. The van der Waals surface area contributed by atoms with E-state index < -0.39 is 5.97 Å². The highest BCUT2D eigenvalue weighted by Crippen LogP contribution is 2.25. The van der Waals surface area contributed by atoms with Crippen LogP contribution in [0.15, 0.2) is 42.5 Å². The minimum atomic E-state index is -0.921. The Labute approximate surface area is 125 Å². The largest absolute Gasteiger partial charge is 0.489 e. The molecule has 0 radical (unpaired) electrons. The van der Waals surface area contributed by atoms with Crippen LogP contribution in [0, 0.1) is 6.92 Å². The van der Waals surface area contributed by atoms with Gasteiger partial charge in [-0.1, -0.05) is 38.1 Å². The molecular weight excluding hydrogens is 264 g/mol. The Bertz CT molecular complexity index is 645. The van der Waals surface area contributed by atoms with Crippen LogP contribution in [0.2, 0.25) is 0 Å². The summed E-state index contributed by atoms with van der Waals surface area (Å²) in [6.45, 7) is 6.66. The van der Waals surface area contributed by atoms with E-state index in [0.29, 0.717) is 12.5 Å². The molecule has 1 N–H and O–H groups in total. The summed E-state index contributed by atoms with van der Waals surface area (Å²) in [7, 11) is 0. The summed E-state index contributed by atoms with van der Waals surface area (Å²) in [6.07, 6.45) is 0. The molecule has 2 aromatic carbocycles. The Morgan fingerprint density at radius 3 is 2.62 bits per heavy atom. The van der Waals surface area contributed by atoms with E-state index in [0.717, 1.165) is 16.9 Å². The monoisotopic (exact) mass is 284 g/mol. The van der Waals surface area contributed by atoms with Crippen LogP contribution in [-0.2, 0) is 6.61 Å². The lowest BCUT2D eigenvalue weighted by atomic mass is 10.0. The van der Waals surface area contributed by atoms with Gasteiger partial charge in [0.2, 0.25) is 0 Å². The first kappa shape index (κ1) is 15.1. The molecule has 0 saturated carbocycles. The van der Waals surface area contributed by atoms with Crippen molar-refractivity contribution in [2.24, 2.45) is 0 Å². The van der Waals surface area contributed by atoms with E-state index in [1.165, 1.54) is 5.56 Å². The molecule has 0 amide bonds. The van der Waals surface area contributed by atoms with Crippen molar-refractivity contribution in [2.45, 2.75) is 33.3 Å². The van der Waals surface area contributed by atoms with E-state index in [1.807, 2.05) is 13.0 Å². The first-order chi connectivity index (χ1) is 9.97. The lowest BCUT2D eigenvalue weighted by Crippen LogP contribution is -2.01. The Hall–Kier alpha value is -2.29. The molecule has 0 aromatic heterocycles. The second kappa shape index (κ2) is 6.44. The van der Waals surface area contributed by atoms with Crippen molar-refractivity contribution in [2.75, 3.05) is 0 Å². The van der Waals surface area contributed by atoms with Crippen molar-refractivity contribution in [3.8, 4) is 5.75 Å². The van der Waals surface area contributed by atoms with Gasteiger partial charge in [0.25, 0.3) is 0 Å². The van der Waals surface area contributed by atoms with Crippen molar-refractivity contribution in [3.05, 3.63) is 64.7 Å². The Balaban J connectivity index is 2.14. The van der Waals surface area contributed by atoms with Crippen molar-refractivity contribution in [1.29, 1.82) is 0 Å². The molecule has 110 valence electrons. The van der Waals surface area contributed by atoms with E-state index >= 15 is 0 Å². The van der Waals surface area contributed by atoms with Gasteiger partial charge in [-0.2, -0.15) is 0 Å². The number of hydrogen-bond donors (Lipinski definition) is 1. The van der Waals surface area contributed by atoms with E-state index in [1.54, 1.807) is 18.2 Å². The third kappa shape index (κ3) is 3.85. The first-order valence-corrected chi connectivity index (χ1v) is 7.03. The van der Waals surface area contributed by atoms with E-state index in [4.69, 9.17) is 9.84 Å². The molecule has 0 spiro atoms. The van der Waals surface area contributed by atoms with Gasteiger partial charge in [-0.25, -0.2) is 4.79 Å². The minimum Gasteiger partial charge on any atom is -0.489 e. The van der Waals surface area contributed by atoms with Gasteiger partial charge in [-0.05, 0) is 47.7 Å². The second-order valence-corrected chi connectivity index (χ2v) is 5.47. The normalized spacial score (nSPS) is 10.7. The van der Waals surface area contributed by atoms with Gasteiger partial charge in [-0.15, -0.1) is 0 Å². The number of carboxylic acids is 1. The summed E-state index contributed by atoms with van der Waals surface area (Å²) in [6, 6.07) is 13.0.